The van der Waals surface area contributed by atoms with Crippen LogP contribution in [0.1, 0.15) is 12.0 Å². The topological polar surface area (TPSA) is 37.3 Å². The van der Waals surface area contributed by atoms with Crippen molar-refractivity contribution in [1.29, 1.82) is 0 Å². The van der Waals surface area contributed by atoms with Gasteiger partial charge in [0.1, 0.15) is 12.4 Å². The van der Waals surface area contributed by atoms with E-state index in [4.69, 9.17) is 5.11 Å². The van der Waals surface area contributed by atoms with Crippen molar-refractivity contribution in [1.82, 2.24) is 0 Å². The second-order valence-corrected chi connectivity index (χ2v) is 2.79. The molecular weight excluding hydrogens is 171 g/mol. The minimum absolute atomic E-state index is 0.192. The molecule has 0 heterocycles. The molecule has 0 aliphatic rings. The molecule has 0 aliphatic carbocycles. The van der Waals surface area contributed by atoms with Crippen LogP contribution in [-0.2, 0) is 11.2 Å². The highest BCUT2D eigenvalue weighted by molar-refractivity contribution is 5.79. The van der Waals surface area contributed by atoms with E-state index in [0.717, 1.165) is 0 Å². The number of aliphatic hydroxyl groups is 1. The number of carbonyl (C=O) groups is 1. The SMILES string of the molecule is O=C(CO)CCc1ccccc1F. The molecular formula is C10H11FO2. The average molecular weight is 182 g/mol. The van der Waals surface area contributed by atoms with Crippen molar-refractivity contribution in [2.75, 3.05) is 6.61 Å². The Labute approximate surface area is 76.0 Å². The number of hydrogen-bond donors (Lipinski definition) is 1. The number of aryl methyl sites for hydroxylation is 1. The molecule has 0 aliphatic heterocycles. The van der Waals surface area contributed by atoms with Gasteiger partial charge in [-0.15, -0.1) is 0 Å². The van der Waals surface area contributed by atoms with Gasteiger partial charge in [-0.05, 0) is 18.1 Å². The number of carbonyl (C=O) groups excluding carboxylic acids is 1. The van der Waals surface area contributed by atoms with Crippen LogP contribution in [0.25, 0.3) is 0 Å². The van der Waals surface area contributed by atoms with Gasteiger partial charge in [0.2, 0.25) is 0 Å². The molecule has 0 saturated carbocycles. The van der Waals surface area contributed by atoms with Crippen LogP contribution in [0, 0.1) is 5.82 Å². The van der Waals surface area contributed by atoms with E-state index in [9.17, 15) is 9.18 Å². The van der Waals surface area contributed by atoms with Crippen molar-refractivity contribution >= 4 is 5.78 Å². The van der Waals surface area contributed by atoms with Gasteiger partial charge in [-0.25, -0.2) is 4.39 Å². The number of hydrogen-bond acceptors (Lipinski definition) is 2. The first-order valence-electron chi connectivity index (χ1n) is 4.10. The van der Waals surface area contributed by atoms with Gasteiger partial charge >= 0.3 is 0 Å². The minimum Gasteiger partial charge on any atom is -0.389 e. The van der Waals surface area contributed by atoms with Gasteiger partial charge in [0.15, 0.2) is 5.78 Å². The Morgan fingerprint density at radius 2 is 2.08 bits per heavy atom. The van der Waals surface area contributed by atoms with Crippen LogP contribution >= 0.6 is 0 Å². The first-order chi connectivity index (χ1) is 6.24. The van der Waals surface area contributed by atoms with E-state index in [1.807, 2.05) is 0 Å². The largest absolute Gasteiger partial charge is 0.389 e. The van der Waals surface area contributed by atoms with Gasteiger partial charge in [-0.2, -0.15) is 0 Å². The zero-order chi connectivity index (χ0) is 9.68. The lowest BCUT2D eigenvalue weighted by Crippen LogP contribution is -2.05. The zero-order valence-electron chi connectivity index (χ0n) is 7.16. The van der Waals surface area contributed by atoms with Crippen molar-refractivity contribution in [3.8, 4) is 0 Å². The molecule has 1 aromatic carbocycles. The van der Waals surface area contributed by atoms with E-state index in [2.05, 4.69) is 0 Å². The molecule has 0 fully saturated rings. The molecule has 0 radical (unpaired) electrons. The fraction of sp³-hybridized carbons (Fsp3) is 0.300. The van der Waals surface area contributed by atoms with Crippen molar-refractivity contribution in [2.45, 2.75) is 12.8 Å². The van der Waals surface area contributed by atoms with Crippen LogP contribution in [0.15, 0.2) is 24.3 Å². The van der Waals surface area contributed by atoms with Crippen LogP contribution in [0.2, 0.25) is 0 Å². The Morgan fingerprint density at radius 1 is 1.38 bits per heavy atom. The van der Waals surface area contributed by atoms with E-state index < -0.39 is 6.61 Å². The van der Waals surface area contributed by atoms with Gasteiger partial charge in [-0.3, -0.25) is 4.79 Å². The van der Waals surface area contributed by atoms with Crippen molar-refractivity contribution in [3.05, 3.63) is 35.6 Å². The Morgan fingerprint density at radius 3 is 2.69 bits per heavy atom. The third-order valence-electron chi connectivity index (χ3n) is 1.81. The number of benzene rings is 1. The van der Waals surface area contributed by atoms with E-state index in [-0.39, 0.29) is 18.0 Å². The molecule has 3 heteroatoms. The highest BCUT2D eigenvalue weighted by atomic mass is 19.1. The summed E-state index contributed by atoms with van der Waals surface area (Å²) in [5.74, 6) is -0.559. The fourth-order valence-corrected chi connectivity index (χ4v) is 1.05. The third-order valence-corrected chi connectivity index (χ3v) is 1.81. The van der Waals surface area contributed by atoms with Gasteiger partial charge < -0.3 is 5.11 Å². The molecule has 0 atom stereocenters. The number of Topliss-reactive ketones (excluding diaryl/α,β-unsaturated/α-hetero) is 1. The van der Waals surface area contributed by atoms with Gasteiger partial charge in [0, 0.05) is 6.42 Å². The van der Waals surface area contributed by atoms with Crippen LogP contribution < -0.4 is 0 Å². The van der Waals surface area contributed by atoms with E-state index in [1.165, 1.54) is 6.07 Å². The van der Waals surface area contributed by atoms with Crippen molar-refractivity contribution in [2.24, 2.45) is 0 Å². The Hall–Kier alpha value is -1.22. The van der Waals surface area contributed by atoms with Gasteiger partial charge in [0.25, 0.3) is 0 Å². The monoisotopic (exact) mass is 182 g/mol. The summed E-state index contributed by atoms with van der Waals surface area (Å²) >= 11 is 0. The maximum atomic E-state index is 13.0. The standard InChI is InChI=1S/C10H11FO2/c11-10-4-2-1-3-8(10)5-6-9(13)7-12/h1-4,12H,5-7H2. The summed E-state index contributed by atoms with van der Waals surface area (Å²) in [6.45, 7) is -0.464. The van der Waals surface area contributed by atoms with Crippen molar-refractivity contribution in [3.63, 3.8) is 0 Å². The molecule has 0 spiro atoms. The van der Waals surface area contributed by atoms with Gasteiger partial charge in [-0.1, -0.05) is 18.2 Å². The summed E-state index contributed by atoms with van der Waals surface area (Å²) in [6.07, 6.45) is 0.545. The Bertz CT molecular complexity index is 297. The number of ketones is 1. The molecule has 0 aromatic heterocycles. The summed E-state index contributed by atoms with van der Waals surface area (Å²) in [7, 11) is 0. The smallest absolute Gasteiger partial charge is 0.158 e. The third kappa shape index (κ3) is 2.95. The molecule has 0 saturated heterocycles. The Balaban J connectivity index is 2.54. The molecule has 2 nitrogen and oxygen atoms in total. The van der Waals surface area contributed by atoms with Crippen LogP contribution in [0.3, 0.4) is 0 Å². The summed E-state index contributed by atoms with van der Waals surface area (Å²) in [5.41, 5.74) is 0.518. The zero-order valence-corrected chi connectivity index (χ0v) is 7.16. The second-order valence-electron chi connectivity index (χ2n) is 2.79. The molecule has 1 rings (SSSR count). The minimum atomic E-state index is -0.464. The maximum absolute atomic E-state index is 13.0. The molecule has 0 bridgehead atoms. The number of halogens is 1. The summed E-state index contributed by atoms with van der Waals surface area (Å²) in [5, 5.41) is 8.44. The van der Waals surface area contributed by atoms with Gasteiger partial charge in [0.05, 0.1) is 0 Å². The van der Waals surface area contributed by atoms with E-state index in [1.54, 1.807) is 18.2 Å². The molecule has 1 N–H and O–H groups in total. The lowest BCUT2D eigenvalue weighted by atomic mass is 10.1. The Kier molecular flexibility index (Phi) is 3.58. The van der Waals surface area contributed by atoms with Crippen LogP contribution in [0.4, 0.5) is 4.39 Å². The molecule has 70 valence electrons. The lowest BCUT2D eigenvalue weighted by molar-refractivity contribution is -0.121. The summed E-state index contributed by atoms with van der Waals surface area (Å²) < 4.78 is 13.0. The predicted octanol–water partition coefficient (Wildman–Crippen LogP) is 1.32. The average Bonchev–Trinajstić information content (AvgIpc) is 2.16. The fourth-order valence-electron chi connectivity index (χ4n) is 1.05. The normalized spacial score (nSPS) is 10.0. The maximum Gasteiger partial charge on any atom is 0.158 e. The van der Waals surface area contributed by atoms with Crippen molar-refractivity contribution < 1.29 is 14.3 Å². The van der Waals surface area contributed by atoms with Crippen LogP contribution in [-0.4, -0.2) is 17.5 Å². The highest BCUT2D eigenvalue weighted by Crippen LogP contribution is 2.08. The molecule has 0 unspecified atom stereocenters. The van der Waals surface area contributed by atoms with E-state index in [0.29, 0.717) is 12.0 Å². The summed E-state index contributed by atoms with van der Waals surface area (Å²) in [4.78, 5) is 10.7. The molecule has 1 aromatic rings. The first kappa shape index (κ1) is 9.86. The number of aliphatic hydroxyl groups excluding tert-OH is 1. The number of rotatable bonds is 4. The summed E-state index contributed by atoms with van der Waals surface area (Å²) in [6, 6.07) is 6.33. The highest BCUT2D eigenvalue weighted by Gasteiger charge is 2.03. The first-order valence-corrected chi connectivity index (χ1v) is 4.10. The molecule has 13 heavy (non-hydrogen) atoms. The van der Waals surface area contributed by atoms with Crippen LogP contribution in [0.5, 0.6) is 0 Å². The second kappa shape index (κ2) is 4.72. The molecule has 0 amide bonds. The van der Waals surface area contributed by atoms with E-state index >= 15 is 0 Å². The predicted molar refractivity (Wildman–Crippen MR) is 46.8 cm³/mol. The quantitative estimate of drug-likeness (QED) is 0.762. The lowest BCUT2D eigenvalue weighted by Gasteiger charge is -2.00.